The van der Waals surface area contributed by atoms with Gasteiger partial charge in [0.2, 0.25) is 11.8 Å². The number of halogens is 1. The van der Waals surface area contributed by atoms with Gasteiger partial charge in [0.1, 0.15) is 11.6 Å². The summed E-state index contributed by atoms with van der Waals surface area (Å²) in [4.78, 5) is 38.8. The summed E-state index contributed by atoms with van der Waals surface area (Å²) in [7, 11) is 3.21. The Morgan fingerprint density at radius 3 is 2.67 bits per heavy atom. The van der Waals surface area contributed by atoms with E-state index >= 15 is 0 Å². The molecule has 1 aliphatic heterocycles. The van der Waals surface area contributed by atoms with Crippen LogP contribution in [0.15, 0.2) is 53.3 Å². The maximum atomic E-state index is 13.5. The van der Waals surface area contributed by atoms with Gasteiger partial charge >= 0.3 is 5.69 Å². The summed E-state index contributed by atoms with van der Waals surface area (Å²) in [6.45, 7) is 0.546. The minimum absolute atomic E-state index is 0.0491. The zero-order chi connectivity index (χ0) is 23.5. The summed E-state index contributed by atoms with van der Waals surface area (Å²) >= 11 is 0. The predicted molar refractivity (Wildman–Crippen MR) is 119 cm³/mol. The lowest BCUT2D eigenvalue weighted by atomic mass is 10.1. The summed E-state index contributed by atoms with van der Waals surface area (Å²) in [5.41, 5.74) is 0.893. The number of aromatic nitrogens is 3. The Labute approximate surface area is 189 Å². The van der Waals surface area contributed by atoms with Gasteiger partial charge in [-0.05, 0) is 42.5 Å². The molecule has 10 heteroatoms. The first-order valence-corrected chi connectivity index (χ1v) is 10.5. The molecule has 1 fully saturated rings. The van der Waals surface area contributed by atoms with Gasteiger partial charge < -0.3 is 15.0 Å². The molecule has 2 heterocycles. The van der Waals surface area contributed by atoms with Crippen LogP contribution in [0, 0.1) is 11.7 Å². The second-order valence-electron chi connectivity index (χ2n) is 7.79. The Morgan fingerprint density at radius 2 is 1.97 bits per heavy atom. The third-order valence-electron chi connectivity index (χ3n) is 5.63. The number of hydrogen-bond acceptors (Lipinski definition) is 5. The van der Waals surface area contributed by atoms with Crippen LogP contribution in [0.25, 0.3) is 11.4 Å². The highest BCUT2D eigenvalue weighted by Gasteiger charge is 2.35. The number of hydrogen-bond donors (Lipinski definition) is 1. The molecule has 4 rings (SSSR count). The van der Waals surface area contributed by atoms with Crippen LogP contribution in [-0.2, 0) is 23.2 Å². The number of anilines is 1. The molecule has 1 atom stereocenters. The van der Waals surface area contributed by atoms with Crippen molar-refractivity contribution in [3.63, 3.8) is 0 Å². The number of carbonyl (C=O) groups excluding carboxylic acids is 2. The van der Waals surface area contributed by atoms with E-state index < -0.39 is 11.7 Å². The number of ether oxygens (including phenoxy) is 1. The normalized spacial score (nSPS) is 15.7. The van der Waals surface area contributed by atoms with E-state index in [-0.39, 0.29) is 43.6 Å². The smallest absolute Gasteiger partial charge is 0.345 e. The number of benzene rings is 2. The summed E-state index contributed by atoms with van der Waals surface area (Å²) in [5, 5.41) is 7.15. The van der Waals surface area contributed by atoms with Crippen LogP contribution in [0.2, 0.25) is 0 Å². The first-order chi connectivity index (χ1) is 15.9. The number of carbonyl (C=O) groups is 2. The van der Waals surface area contributed by atoms with Crippen LogP contribution in [0.1, 0.15) is 6.42 Å². The van der Waals surface area contributed by atoms with Gasteiger partial charge in [0.25, 0.3) is 0 Å². The molecule has 1 unspecified atom stereocenters. The van der Waals surface area contributed by atoms with E-state index in [9.17, 15) is 18.8 Å². The number of nitrogens with zero attached hydrogens (tertiary/aromatic N) is 4. The minimum atomic E-state index is -0.545. The van der Waals surface area contributed by atoms with E-state index in [0.717, 1.165) is 5.56 Å². The van der Waals surface area contributed by atoms with Crippen molar-refractivity contribution in [2.45, 2.75) is 13.0 Å². The molecule has 0 bridgehead atoms. The lowest BCUT2D eigenvalue weighted by Gasteiger charge is -2.16. The van der Waals surface area contributed by atoms with Gasteiger partial charge in [-0.3, -0.25) is 14.2 Å². The fourth-order valence-corrected chi connectivity index (χ4v) is 3.83. The third kappa shape index (κ3) is 4.64. The first-order valence-electron chi connectivity index (χ1n) is 10.5. The van der Waals surface area contributed by atoms with Crippen LogP contribution < -0.4 is 20.6 Å². The second-order valence-corrected chi connectivity index (χ2v) is 7.79. The maximum Gasteiger partial charge on any atom is 0.345 e. The fourth-order valence-electron chi connectivity index (χ4n) is 3.83. The van der Waals surface area contributed by atoms with Crippen molar-refractivity contribution in [2.75, 3.05) is 25.1 Å². The molecule has 172 valence electrons. The average Bonchev–Trinajstić information content (AvgIpc) is 3.34. The second kappa shape index (κ2) is 9.27. The zero-order valence-corrected chi connectivity index (χ0v) is 18.3. The summed E-state index contributed by atoms with van der Waals surface area (Å²) in [6.07, 6.45) is 0.0491. The van der Waals surface area contributed by atoms with Crippen LogP contribution in [0.5, 0.6) is 5.75 Å². The molecule has 0 saturated carbocycles. The standard InChI is InChI=1S/C23H24FN5O4/c1-27-21(15-6-8-19(33-2)9-7-15)26-29(23(27)32)11-10-25-22(31)16-12-20(30)28(14-16)18-5-3-4-17(24)13-18/h3-9,13,16H,10-12,14H2,1-2H3,(H,25,31). The molecule has 1 aromatic heterocycles. The van der Waals surface area contributed by atoms with Gasteiger partial charge in [0.15, 0.2) is 5.82 Å². The molecular weight excluding hydrogens is 429 g/mol. The van der Waals surface area contributed by atoms with E-state index in [0.29, 0.717) is 17.3 Å². The molecule has 33 heavy (non-hydrogen) atoms. The highest BCUT2D eigenvalue weighted by Crippen LogP contribution is 2.25. The van der Waals surface area contributed by atoms with Crippen molar-refractivity contribution in [3.05, 3.63) is 64.8 Å². The van der Waals surface area contributed by atoms with Crippen molar-refractivity contribution < 1.29 is 18.7 Å². The Kier molecular flexibility index (Phi) is 6.25. The molecular formula is C23H24FN5O4. The van der Waals surface area contributed by atoms with Crippen LogP contribution in [-0.4, -0.2) is 46.4 Å². The van der Waals surface area contributed by atoms with E-state index in [4.69, 9.17) is 4.74 Å². The molecule has 1 aliphatic rings. The molecule has 2 amide bonds. The highest BCUT2D eigenvalue weighted by molar-refractivity contribution is 6.00. The number of nitrogens with one attached hydrogen (secondary N) is 1. The monoisotopic (exact) mass is 453 g/mol. The quantitative estimate of drug-likeness (QED) is 0.586. The fraction of sp³-hybridized carbons (Fsp3) is 0.304. The Hall–Kier alpha value is -3.95. The van der Waals surface area contributed by atoms with Crippen molar-refractivity contribution in [1.82, 2.24) is 19.7 Å². The Balaban J connectivity index is 1.36. The molecule has 0 aliphatic carbocycles. The third-order valence-corrected chi connectivity index (χ3v) is 5.63. The largest absolute Gasteiger partial charge is 0.497 e. The molecule has 2 aromatic carbocycles. The minimum Gasteiger partial charge on any atom is -0.497 e. The zero-order valence-electron chi connectivity index (χ0n) is 18.3. The van der Waals surface area contributed by atoms with Crippen molar-refractivity contribution in [3.8, 4) is 17.1 Å². The molecule has 9 nitrogen and oxygen atoms in total. The molecule has 1 saturated heterocycles. The van der Waals surface area contributed by atoms with Gasteiger partial charge in [0, 0.05) is 37.8 Å². The highest BCUT2D eigenvalue weighted by atomic mass is 19.1. The van der Waals surface area contributed by atoms with Gasteiger partial charge in [-0.15, -0.1) is 5.10 Å². The van der Waals surface area contributed by atoms with Crippen LogP contribution >= 0.6 is 0 Å². The number of rotatable bonds is 7. The van der Waals surface area contributed by atoms with Gasteiger partial charge in [-0.2, -0.15) is 0 Å². The summed E-state index contributed by atoms with van der Waals surface area (Å²) < 4.78 is 21.4. The molecule has 0 radical (unpaired) electrons. The van der Waals surface area contributed by atoms with Crippen LogP contribution in [0.4, 0.5) is 10.1 Å². The van der Waals surface area contributed by atoms with Gasteiger partial charge in [0.05, 0.1) is 19.6 Å². The van der Waals surface area contributed by atoms with E-state index in [1.54, 1.807) is 32.4 Å². The molecule has 1 N–H and O–H groups in total. The first kappa shape index (κ1) is 22.3. The maximum absolute atomic E-state index is 13.5. The van der Waals surface area contributed by atoms with Crippen molar-refractivity contribution in [1.29, 1.82) is 0 Å². The van der Waals surface area contributed by atoms with Crippen LogP contribution in [0.3, 0.4) is 0 Å². The lowest BCUT2D eigenvalue weighted by molar-refractivity contribution is -0.126. The number of methoxy groups -OCH3 is 1. The average molecular weight is 453 g/mol. The van der Waals surface area contributed by atoms with Gasteiger partial charge in [-0.1, -0.05) is 6.07 Å². The van der Waals surface area contributed by atoms with E-state index in [1.165, 1.54) is 32.3 Å². The topological polar surface area (TPSA) is 98.5 Å². The van der Waals surface area contributed by atoms with Crippen molar-refractivity contribution in [2.24, 2.45) is 13.0 Å². The summed E-state index contributed by atoms with van der Waals surface area (Å²) in [6, 6.07) is 12.9. The lowest BCUT2D eigenvalue weighted by Crippen LogP contribution is -2.36. The van der Waals surface area contributed by atoms with Gasteiger partial charge in [-0.25, -0.2) is 13.9 Å². The summed E-state index contributed by atoms with van der Waals surface area (Å²) in [5.74, 6) is -0.306. The Bertz CT molecular complexity index is 1230. The van der Waals surface area contributed by atoms with E-state index in [1.807, 2.05) is 12.1 Å². The van der Waals surface area contributed by atoms with E-state index in [2.05, 4.69) is 10.4 Å². The van der Waals surface area contributed by atoms with Crippen molar-refractivity contribution >= 4 is 17.5 Å². The SMILES string of the molecule is COc1ccc(-c2nn(CCNC(=O)C3CC(=O)N(c4cccc(F)c4)C3)c(=O)n2C)cc1. The molecule has 0 spiro atoms. The number of amides is 2. The predicted octanol–water partition coefficient (Wildman–Crippen LogP) is 1.57. The molecule has 3 aromatic rings. The Morgan fingerprint density at radius 1 is 1.21 bits per heavy atom.